The van der Waals surface area contributed by atoms with E-state index in [1.807, 2.05) is 25.1 Å². The lowest BCUT2D eigenvalue weighted by atomic mass is 9.90. The quantitative estimate of drug-likeness (QED) is 0.730. The number of hydrogen-bond acceptors (Lipinski definition) is 4. The van der Waals surface area contributed by atoms with E-state index < -0.39 is 5.54 Å². The third-order valence-electron chi connectivity index (χ3n) is 3.16. The Kier molecular flexibility index (Phi) is 6.82. The molecule has 1 aromatic carbocycles. The van der Waals surface area contributed by atoms with E-state index in [0.717, 1.165) is 29.9 Å². The monoisotopic (exact) mass is 281 g/mol. The molecule has 1 unspecified atom stereocenters. The van der Waals surface area contributed by atoms with Gasteiger partial charge in [0.05, 0.1) is 13.2 Å². The Labute approximate surface area is 121 Å². The van der Waals surface area contributed by atoms with Crippen molar-refractivity contribution >= 4 is 0 Å². The summed E-state index contributed by atoms with van der Waals surface area (Å²) in [6.45, 7) is 7.42. The normalized spacial score (nSPS) is 13.8. The van der Waals surface area contributed by atoms with Crippen LogP contribution in [-0.4, -0.2) is 24.9 Å². The highest BCUT2D eigenvalue weighted by Gasteiger charge is 2.22. The van der Waals surface area contributed by atoms with Gasteiger partial charge in [-0.3, -0.25) is 0 Å². The van der Waals surface area contributed by atoms with Crippen LogP contribution in [-0.2, 0) is 5.54 Å². The molecule has 3 N–H and O–H groups in total. The molecule has 4 nitrogen and oxygen atoms in total. The van der Waals surface area contributed by atoms with Crippen molar-refractivity contribution in [3.05, 3.63) is 23.8 Å². The smallest absolute Gasteiger partial charge is 0.161 e. The van der Waals surface area contributed by atoms with E-state index >= 15 is 0 Å². The molecule has 0 aliphatic rings. The molecule has 0 aromatic heterocycles. The molecule has 0 saturated heterocycles. The second-order valence-corrected chi connectivity index (χ2v) is 5.25. The summed E-state index contributed by atoms with van der Waals surface area (Å²) in [7, 11) is 0. The minimum atomic E-state index is -0.567. The van der Waals surface area contributed by atoms with Crippen LogP contribution in [0.5, 0.6) is 11.5 Å². The summed E-state index contributed by atoms with van der Waals surface area (Å²) < 4.78 is 11.5. The fourth-order valence-corrected chi connectivity index (χ4v) is 1.90. The van der Waals surface area contributed by atoms with Gasteiger partial charge in [0.25, 0.3) is 0 Å². The maximum atomic E-state index is 9.11. The van der Waals surface area contributed by atoms with Crippen LogP contribution in [0.2, 0.25) is 0 Å². The zero-order chi connectivity index (χ0) is 15.0. The molecule has 0 spiro atoms. The summed E-state index contributed by atoms with van der Waals surface area (Å²) in [4.78, 5) is 0. The van der Waals surface area contributed by atoms with Crippen molar-refractivity contribution in [2.75, 3.05) is 19.8 Å². The van der Waals surface area contributed by atoms with E-state index in [4.69, 9.17) is 20.3 Å². The van der Waals surface area contributed by atoms with Gasteiger partial charge in [-0.05, 0) is 43.9 Å². The molecule has 4 heteroatoms. The number of rotatable bonds is 9. The van der Waals surface area contributed by atoms with Gasteiger partial charge in [-0.2, -0.15) is 0 Å². The fraction of sp³-hybridized carbons (Fsp3) is 0.625. The van der Waals surface area contributed by atoms with Crippen molar-refractivity contribution in [1.82, 2.24) is 0 Å². The van der Waals surface area contributed by atoms with Crippen LogP contribution in [0.15, 0.2) is 18.2 Å². The van der Waals surface area contributed by atoms with Crippen molar-refractivity contribution < 1.29 is 14.6 Å². The van der Waals surface area contributed by atoms with E-state index in [0.29, 0.717) is 19.6 Å². The van der Waals surface area contributed by atoms with Gasteiger partial charge >= 0.3 is 0 Å². The van der Waals surface area contributed by atoms with Gasteiger partial charge in [-0.15, -0.1) is 0 Å². The zero-order valence-electron chi connectivity index (χ0n) is 12.8. The number of ether oxygens (including phenoxy) is 2. The molecule has 0 fully saturated rings. The fourth-order valence-electron chi connectivity index (χ4n) is 1.90. The first-order valence-corrected chi connectivity index (χ1v) is 7.35. The number of aliphatic hydroxyl groups is 1. The van der Waals surface area contributed by atoms with Crippen molar-refractivity contribution in [2.45, 2.75) is 45.6 Å². The second-order valence-electron chi connectivity index (χ2n) is 5.25. The Hall–Kier alpha value is -1.26. The number of nitrogens with two attached hydrogens (primary N) is 1. The van der Waals surface area contributed by atoms with E-state index in [1.54, 1.807) is 0 Å². The molecule has 0 aliphatic heterocycles. The van der Waals surface area contributed by atoms with Crippen LogP contribution < -0.4 is 15.2 Å². The number of aliphatic hydroxyl groups excluding tert-OH is 1. The highest BCUT2D eigenvalue weighted by molar-refractivity contribution is 5.45. The van der Waals surface area contributed by atoms with Gasteiger partial charge in [-0.1, -0.05) is 19.9 Å². The predicted molar refractivity (Wildman–Crippen MR) is 81.3 cm³/mol. The van der Waals surface area contributed by atoms with Gasteiger partial charge in [0.1, 0.15) is 0 Å². The van der Waals surface area contributed by atoms with Gasteiger partial charge < -0.3 is 20.3 Å². The number of benzene rings is 1. The van der Waals surface area contributed by atoms with Crippen LogP contribution in [0, 0.1) is 0 Å². The second kappa shape index (κ2) is 8.12. The first kappa shape index (κ1) is 16.8. The molecule has 0 bridgehead atoms. The van der Waals surface area contributed by atoms with Crippen molar-refractivity contribution in [1.29, 1.82) is 0 Å². The van der Waals surface area contributed by atoms with Gasteiger partial charge in [-0.25, -0.2) is 0 Å². The molecule has 0 amide bonds. The summed E-state index contributed by atoms with van der Waals surface area (Å²) in [6, 6.07) is 5.77. The molecule has 1 rings (SSSR count). The van der Waals surface area contributed by atoms with E-state index in [2.05, 4.69) is 13.8 Å². The predicted octanol–water partition coefficient (Wildman–Crippen LogP) is 2.82. The maximum Gasteiger partial charge on any atom is 0.161 e. The molecular weight excluding hydrogens is 254 g/mol. The summed E-state index contributed by atoms with van der Waals surface area (Å²) in [5, 5.41) is 9.11. The largest absolute Gasteiger partial charge is 0.490 e. The Bertz CT molecular complexity index is 405. The molecule has 114 valence electrons. The van der Waals surface area contributed by atoms with E-state index in [-0.39, 0.29) is 6.61 Å². The molecule has 0 heterocycles. The van der Waals surface area contributed by atoms with Crippen LogP contribution in [0.25, 0.3) is 0 Å². The van der Waals surface area contributed by atoms with Crippen LogP contribution in [0.1, 0.15) is 45.6 Å². The van der Waals surface area contributed by atoms with Crippen LogP contribution in [0.4, 0.5) is 0 Å². The first-order chi connectivity index (χ1) is 9.55. The standard InChI is InChI=1S/C16H27NO3/c1-4-10-19-14-7-6-13(16(3,17)8-9-18)12-15(14)20-11-5-2/h6-7,12,18H,4-5,8-11,17H2,1-3H3. The van der Waals surface area contributed by atoms with E-state index in [9.17, 15) is 0 Å². The van der Waals surface area contributed by atoms with Crippen molar-refractivity contribution in [3.8, 4) is 11.5 Å². The average Bonchev–Trinajstić information content (AvgIpc) is 2.43. The Morgan fingerprint density at radius 3 is 2.25 bits per heavy atom. The van der Waals surface area contributed by atoms with Crippen molar-refractivity contribution in [3.63, 3.8) is 0 Å². The highest BCUT2D eigenvalue weighted by Crippen LogP contribution is 2.33. The summed E-state index contributed by atoms with van der Waals surface area (Å²) in [5.74, 6) is 1.48. The molecule has 1 atom stereocenters. The Morgan fingerprint density at radius 2 is 1.70 bits per heavy atom. The Balaban J connectivity index is 2.99. The maximum absolute atomic E-state index is 9.11. The molecule has 0 aliphatic carbocycles. The minimum Gasteiger partial charge on any atom is -0.490 e. The summed E-state index contributed by atoms with van der Waals surface area (Å²) in [6.07, 6.45) is 2.40. The number of hydrogen-bond donors (Lipinski definition) is 2. The van der Waals surface area contributed by atoms with Crippen LogP contribution >= 0.6 is 0 Å². The third kappa shape index (κ3) is 4.69. The zero-order valence-corrected chi connectivity index (χ0v) is 12.8. The third-order valence-corrected chi connectivity index (χ3v) is 3.16. The van der Waals surface area contributed by atoms with Crippen molar-refractivity contribution in [2.24, 2.45) is 5.73 Å². The lowest BCUT2D eigenvalue weighted by Gasteiger charge is -2.25. The average molecular weight is 281 g/mol. The highest BCUT2D eigenvalue weighted by atomic mass is 16.5. The molecule has 0 radical (unpaired) electrons. The minimum absolute atomic E-state index is 0.0617. The lowest BCUT2D eigenvalue weighted by Crippen LogP contribution is -2.34. The SMILES string of the molecule is CCCOc1ccc(C(C)(N)CCO)cc1OCCC. The molecule has 1 aromatic rings. The molecule has 20 heavy (non-hydrogen) atoms. The molecular formula is C16H27NO3. The van der Waals surface area contributed by atoms with Gasteiger partial charge in [0.2, 0.25) is 0 Å². The summed E-state index contributed by atoms with van der Waals surface area (Å²) in [5.41, 5.74) is 6.62. The Morgan fingerprint density at radius 1 is 1.10 bits per heavy atom. The van der Waals surface area contributed by atoms with Crippen LogP contribution in [0.3, 0.4) is 0 Å². The lowest BCUT2D eigenvalue weighted by molar-refractivity contribution is 0.245. The molecule has 0 saturated carbocycles. The van der Waals surface area contributed by atoms with Gasteiger partial charge in [0, 0.05) is 12.1 Å². The topological polar surface area (TPSA) is 64.7 Å². The van der Waals surface area contributed by atoms with E-state index in [1.165, 1.54) is 0 Å². The first-order valence-electron chi connectivity index (χ1n) is 7.35. The van der Waals surface area contributed by atoms with Gasteiger partial charge in [0.15, 0.2) is 11.5 Å². The summed E-state index contributed by atoms with van der Waals surface area (Å²) >= 11 is 0.